The molecule has 4 nitrogen and oxygen atoms in total. The largest absolute Gasteiger partial charge is 0.461 e. The first-order valence-corrected chi connectivity index (χ1v) is 3.89. The molecule has 1 rings (SSSR count). The SMILES string of the molecule is CC(=O)OCc1cccn(C)c1=O. The molecule has 0 unspecified atom stereocenters. The molecule has 0 saturated heterocycles. The van der Waals surface area contributed by atoms with Gasteiger partial charge >= 0.3 is 5.97 Å². The molecule has 0 atom stereocenters. The van der Waals surface area contributed by atoms with Crippen LogP contribution in [0.3, 0.4) is 0 Å². The van der Waals surface area contributed by atoms with E-state index in [0.29, 0.717) is 5.56 Å². The van der Waals surface area contributed by atoms with E-state index in [1.165, 1.54) is 11.5 Å². The van der Waals surface area contributed by atoms with Crippen molar-refractivity contribution in [1.29, 1.82) is 0 Å². The lowest BCUT2D eigenvalue weighted by molar-refractivity contribution is -0.142. The number of esters is 1. The molecule has 0 bridgehead atoms. The molecule has 0 aromatic carbocycles. The first-order chi connectivity index (χ1) is 6.11. The van der Waals surface area contributed by atoms with Crippen molar-refractivity contribution < 1.29 is 9.53 Å². The highest BCUT2D eigenvalue weighted by Gasteiger charge is 2.01. The first-order valence-electron chi connectivity index (χ1n) is 3.89. The van der Waals surface area contributed by atoms with Crippen LogP contribution in [-0.2, 0) is 23.2 Å². The molecule has 0 spiro atoms. The van der Waals surface area contributed by atoms with E-state index < -0.39 is 0 Å². The average Bonchev–Trinajstić information content (AvgIpc) is 2.07. The fourth-order valence-electron chi connectivity index (χ4n) is 0.943. The number of aromatic nitrogens is 1. The average molecular weight is 181 g/mol. The third kappa shape index (κ3) is 2.43. The van der Waals surface area contributed by atoms with Crippen molar-refractivity contribution in [2.45, 2.75) is 13.5 Å². The van der Waals surface area contributed by atoms with Gasteiger partial charge in [-0.1, -0.05) is 0 Å². The maximum absolute atomic E-state index is 11.4. The summed E-state index contributed by atoms with van der Waals surface area (Å²) in [7, 11) is 1.65. The zero-order chi connectivity index (χ0) is 9.84. The van der Waals surface area contributed by atoms with Gasteiger partial charge in [0.05, 0.1) is 5.56 Å². The molecule has 1 aromatic rings. The summed E-state index contributed by atoms with van der Waals surface area (Å²) in [5.41, 5.74) is 0.351. The first kappa shape index (κ1) is 9.51. The fraction of sp³-hybridized carbons (Fsp3) is 0.333. The van der Waals surface area contributed by atoms with Gasteiger partial charge in [0.25, 0.3) is 5.56 Å². The maximum Gasteiger partial charge on any atom is 0.302 e. The summed E-state index contributed by atoms with van der Waals surface area (Å²) in [6, 6.07) is 3.38. The minimum absolute atomic E-state index is 0.0445. The van der Waals surface area contributed by atoms with E-state index in [0.717, 1.165) is 0 Å². The van der Waals surface area contributed by atoms with Gasteiger partial charge in [-0.15, -0.1) is 0 Å². The van der Waals surface area contributed by atoms with Gasteiger partial charge in [-0.2, -0.15) is 0 Å². The van der Waals surface area contributed by atoms with Crippen LogP contribution in [0.5, 0.6) is 0 Å². The molecule has 13 heavy (non-hydrogen) atoms. The molecule has 0 saturated carbocycles. The zero-order valence-corrected chi connectivity index (χ0v) is 7.61. The highest BCUT2D eigenvalue weighted by atomic mass is 16.5. The Morgan fingerprint density at radius 2 is 2.31 bits per heavy atom. The van der Waals surface area contributed by atoms with E-state index >= 15 is 0 Å². The molecule has 70 valence electrons. The Morgan fingerprint density at radius 3 is 2.92 bits per heavy atom. The number of rotatable bonds is 2. The van der Waals surface area contributed by atoms with Crippen LogP contribution >= 0.6 is 0 Å². The van der Waals surface area contributed by atoms with Crippen molar-refractivity contribution in [3.05, 3.63) is 34.2 Å². The van der Waals surface area contributed by atoms with Crippen molar-refractivity contribution in [2.75, 3.05) is 0 Å². The summed E-state index contributed by atoms with van der Waals surface area (Å²) in [6.07, 6.45) is 1.65. The van der Waals surface area contributed by atoms with Crippen LogP contribution in [0.1, 0.15) is 12.5 Å². The number of hydrogen-bond acceptors (Lipinski definition) is 3. The van der Waals surface area contributed by atoms with Gasteiger partial charge in [-0.25, -0.2) is 0 Å². The zero-order valence-electron chi connectivity index (χ0n) is 7.61. The van der Waals surface area contributed by atoms with Crippen molar-refractivity contribution in [3.8, 4) is 0 Å². The third-order valence-electron chi connectivity index (χ3n) is 1.63. The smallest absolute Gasteiger partial charge is 0.302 e. The van der Waals surface area contributed by atoms with E-state index in [2.05, 4.69) is 0 Å². The number of aryl methyl sites for hydroxylation is 1. The standard InChI is InChI=1S/C9H11NO3/c1-7(11)13-6-8-4-3-5-10(2)9(8)12/h3-5H,6H2,1-2H3. The molecule has 0 amide bonds. The number of nitrogens with zero attached hydrogens (tertiary/aromatic N) is 1. The van der Waals surface area contributed by atoms with E-state index in [-0.39, 0.29) is 18.1 Å². The van der Waals surface area contributed by atoms with Crippen LogP contribution in [-0.4, -0.2) is 10.5 Å². The molecule has 0 fully saturated rings. The van der Waals surface area contributed by atoms with Crippen LogP contribution < -0.4 is 5.56 Å². The quantitative estimate of drug-likeness (QED) is 0.622. The van der Waals surface area contributed by atoms with Crippen LogP contribution in [0.15, 0.2) is 23.1 Å². The Bertz CT molecular complexity index is 367. The van der Waals surface area contributed by atoms with Crippen LogP contribution in [0.25, 0.3) is 0 Å². The Labute approximate surface area is 75.8 Å². The van der Waals surface area contributed by atoms with Gasteiger partial charge < -0.3 is 9.30 Å². The summed E-state index contributed by atoms with van der Waals surface area (Å²) >= 11 is 0. The monoisotopic (exact) mass is 181 g/mol. The van der Waals surface area contributed by atoms with Gasteiger partial charge in [-0.3, -0.25) is 9.59 Å². The van der Waals surface area contributed by atoms with Gasteiger partial charge in [0.2, 0.25) is 0 Å². The Kier molecular flexibility index (Phi) is 2.84. The second kappa shape index (κ2) is 3.89. The molecule has 0 radical (unpaired) electrons. The predicted octanol–water partition coefficient (Wildman–Crippen LogP) is 0.448. The van der Waals surface area contributed by atoms with Crippen molar-refractivity contribution in [3.63, 3.8) is 0 Å². The fourth-order valence-corrected chi connectivity index (χ4v) is 0.943. The van der Waals surface area contributed by atoms with Crippen LogP contribution in [0.4, 0.5) is 0 Å². The van der Waals surface area contributed by atoms with Gasteiger partial charge in [0.15, 0.2) is 0 Å². The van der Waals surface area contributed by atoms with Crippen molar-refractivity contribution in [1.82, 2.24) is 4.57 Å². The van der Waals surface area contributed by atoms with E-state index in [1.54, 1.807) is 25.4 Å². The molecular formula is C9H11NO3. The Morgan fingerprint density at radius 1 is 1.62 bits per heavy atom. The number of ether oxygens (including phenoxy) is 1. The molecule has 0 aliphatic rings. The van der Waals surface area contributed by atoms with Crippen LogP contribution in [0.2, 0.25) is 0 Å². The number of hydrogen-bond donors (Lipinski definition) is 0. The van der Waals surface area contributed by atoms with Crippen LogP contribution in [0, 0.1) is 0 Å². The summed E-state index contributed by atoms with van der Waals surface area (Å²) in [5, 5.41) is 0. The number of carbonyl (C=O) groups excluding carboxylic acids is 1. The summed E-state index contributed by atoms with van der Waals surface area (Å²) in [6.45, 7) is 1.36. The summed E-state index contributed by atoms with van der Waals surface area (Å²) in [4.78, 5) is 21.8. The van der Waals surface area contributed by atoms with Crippen molar-refractivity contribution >= 4 is 5.97 Å². The maximum atomic E-state index is 11.4. The van der Waals surface area contributed by atoms with Gasteiger partial charge in [0.1, 0.15) is 6.61 Å². The van der Waals surface area contributed by atoms with E-state index in [9.17, 15) is 9.59 Å². The lowest BCUT2D eigenvalue weighted by Crippen LogP contribution is -2.20. The Hall–Kier alpha value is -1.58. The minimum atomic E-state index is -0.383. The molecule has 0 aliphatic heterocycles. The lowest BCUT2D eigenvalue weighted by Gasteiger charge is -2.02. The lowest BCUT2D eigenvalue weighted by atomic mass is 10.3. The number of pyridine rings is 1. The second-order valence-corrected chi connectivity index (χ2v) is 2.73. The normalized spacial score (nSPS) is 9.69. The van der Waals surface area contributed by atoms with Gasteiger partial charge in [-0.05, 0) is 12.1 Å². The summed E-state index contributed by atoms with van der Waals surface area (Å²) in [5.74, 6) is -0.383. The predicted molar refractivity (Wildman–Crippen MR) is 47.2 cm³/mol. The molecule has 0 N–H and O–H groups in total. The number of carbonyl (C=O) groups is 1. The Balaban J connectivity index is 2.84. The molecular weight excluding hydrogens is 170 g/mol. The third-order valence-corrected chi connectivity index (χ3v) is 1.63. The topological polar surface area (TPSA) is 48.3 Å². The minimum Gasteiger partial charge on any atom is -0.461 e. The van der Waals surface area contributed by atoms with E-state index in [4.69, 9.17) is 4.74 Å². The highest BCUT2D eigenvalue weighted by molar-refractivity contribution is 5.65. The van der Waals surface area contributed by atoms with Crippen molar-refractivity contribution in [2.24, 2.45) is 7.05 Å². The summed E-state index contributed by atoms with van der Waals surface area (Å²) < 4.78 is 6.15. The van der Waals surface area contributed by atoms with Gasteiger partial charge in [0, 0.05) is 20.2 Å². The molecule has 4 heteroatoms. The molecule has 1 aromatic heterocycles. The highest BCUT2D eigenvalue weighted by Crippen LogP contribution is 1.93. The molecule has 1 heterocycles. The van der Waals surface area contributed by atoms with E-state index in [1.807, 2.05) is 0 Å². The second-order valence-electron chi connectivity index (χ2n) is 2.73. The molecule has 0 aliphatic carbocycles.